The Morgan fingerprint density at radius 1 is 1.77 bits per heavy atom. The molecule has 4 nitrogen and oxygen atoms in total. The molecule has 13 heavy (non-hydrogen) atoms. The van der Waals surface area contributed by atoms with Gasteiger partial charge in [0.25, 0.3) is 0 Å². The van der Waals surface area contributed by atoms with Gasteiger partial charge >= 0.3 is 0 Å². The fourth-order valence-corrected chi connectivity index (χ4v) is 1.39. The maximum absolute atomic E-state index is 5.79. The van der Waals surface area contributed by atoms with Gasteiger partial charge in [-0.3, -0.25) is 0 Å². The lowest BCUT2D eigenvalue weighted by molar-refractivity contribution is 0.179. The quantitative estimate of drug-likeness (QED) is 0.884. The van der Waals surface area contributed by atoms with Crippen LogP contribution in [0.4, 0.5) is 5.82 Å². The third kappa shape index (κ3) is 2.45. The maximum atomic E-state index is 5.79. The number of nitrogen functional groups attached to an aromatic ring is 1. The Bertz CT molecular complexity index is 274. The van der Waals surface area contributed by atoms with Crippen molar-refractivity contribution in [3.05, 3.63) is 10.7 Å². The minimum Gasteiger partial charge on any atom is -0.385 e. The summed E-state index contributed by atoms with van der Waals surface area (Å²) >= 11 is 3.31. The molecule has 0 saturated heterocycles. The lowest BCUT2D eigenvalue weighted by Gasteiger charge is -2.12. The molecule has 0 amide bonds. The molecule has 74 valence electrons. The molecule has 0 radical (unpaired) electrons. The van der Waals surface area contributed by atoms with Gasteiger partial charge in [0.1, 0.15) is 5.82 Å². The average Bonchev–Trinajstić information content (AvgIpc) is 2.44. The first kappa shape index (κ1) is 10.5. The molecule has 0 aromatic carbocycles. The van der Waals surface area contributed by atoms with E-state index in [2.05, 4.69) is 28.0 Å². The molecule has 0 spiro atoms. The highest BCUT2D eigenvalue weighted by molar-refractivity contribution is 9.10. The van der Waals surface area contributed by atoms with Crippen LogP contribution < -0.4 is 5.73 Å². The third-order valence-corrected chi connectivity index (χ3v) is 2.56. The van der Waals surface area contributed by atoms with E-state index < -0.39 is 0 Å². The second-order valence-electron chi connectivity index (χ2n) is 2.95. The molecule has 1 unspecified atom stereocenters. The lowest BCUT2D eigenvalue weighted by Crippen LogP contribution is -2.12. The summed E-state index contributed by atoms with van der Waals surface area (Å²) in [5.41, 5.74) is 5.79. The molecule has 1 aromatic rings. The van der Waals surface area contributed by atoms with E-state index in [1.807, 2.05) is 0 Å². The van der Waals surface area contributed by atoms with Crippen molar-refractivity contribution in [2.45, 2.75) is 19.4 Å². The number of halogens is 1. The fourth-order valence-electron chi connectivity index (χ4n) is 1.11. The van der Waals surface area contributed by atoms with E-state index in [0.717, 1.165) is 17.5 Å². The van der Waals surface area contributed by atoms with Gasteiger partial charge in [-0.1, -0.05) is 0 Å². The van der Waals surface area contributed by atoms with Gasteiger partial charge in [-0.2, -0.15) is 5.10 Å². The molecule has 2 N–H and O–H groups in total. The van der Waals surface area contributed by atoms with Gasteiger partial charge < -0.3 is 10.5 Å². The van der Waals surface area contributed by atoms with Crippen LogP contribution in [-0.2, 0) is 4.74 Å². The van der Waals surface area contributed by atoms with Crippen LogP contribution in [0.25, 0.3) is 0 Å². The number of anilines is 1. The van der Waals surface area contributed by atoms with Crippen molar-refractivity contribution in [2.75, 3.05) is 19.5 Å². The average molecular weight is 248 g/mol. The van der Waals surface area contributed by atoms with Crippen molar-refractivity contribution in [3.8, 4) is 0 Å². The largest absolute Gasteiger partial charge is 0.385 e. The van der Waals surface area contributed by atoms with Crippen molar-refractivity contribution in [1.29, 1.82) is 0 Å². The van der Waals surface area contributed by atoms with Crippen LogP contribution in [0, 0.1) is 0 Å². The van der Waals surface area contributed by atoms with Crippen molar-refractivity contribution in [3.63, 3.8) is 0 Å². The molecule has 5 heteroatoms. The molecule has 1 aromatic heterocycles. The lowest BCUT2D eigenvalue weighted by atomic mass is 10.2. The molecule has 0 aliphatic rings. The Balaban J connectivity index is 2.65. The van der Waals surface area contributed by atoms with Gasteiger partial charge in [0.2, 0.25) is 0 Å². The van der Waals surface area contributed by atoms with Crippen LogP contribution in [0.1, 0.15) is 19.4 Å². The van der Waals surface area contributed by atoms with Crippen LogP contribution >= 0.6 is 15.9 Å². The van der Waals surface area contributed by atoms with Crippen molar-refractivity contribution in [1.82, 2.24) is 9.78 Å². The third-order valence-electron chi connectivity index (χ3n) is 1.94. The maximum Gasteiger partial charge on any atom is 0.136 e. The molecule has 0 fully saturated rings. The summed E-state index contributed by atoms with van der Waals surface area (Å²) in [4.78, 5) is 0. The Morgan fingerprint density at radius 3 is 2.92 bits per heavy atom. The Morgan fingerprint density at radius 2 is 2.46 bits per heavy atom. The number of hydrogen-bond acceptors (Lipinski definition) is 3. The van der Waals surface area contributed by atoms with Gasteiger partial charge in [0.15, 0.2) is 0 Å². The molecule has 0 aliphatic carbocycles. The molecule has 0 aliphatic heterocycles. The minimum atomic E-state index is 0.270. The number of aromatic nitrogens is 2. The second-order valence-corrected chi connectivity index (χ2v) is 3.81. The van der Waals surface area contributed by atoms with E-state index in [-0.39, 0.29) is 6.04 Å². The van der Waals surface area contributed by atoms with Gasteiger partial charge in [-0.15, -0.1) is 0 Å². The first-order valence-corrected chi connectivity index (χ1v) is 4.93. The summed E-state index contributed by atoms with van der Waals surface area (Å²) in [6.45, 7) is 2.78. The summed E-state index contributed by atoms with van der Waals surface area (Å²) in [6, 6.07) is 0.270. The van der Waals surface area contributed by atoms with E-state index >= 15 is 0 Å². The number of hydrogen-bond donors (Lipinski definition) is 1. The number of ether oxygens (including phenoxy) is 1. The summed E-state index contributed by atoms with van der Waals surface area (Å²) in [5.74, 6) is 0.670. The van der Waals surface area contributed by atoms with Gasteiger partial charge in [-0.25, -0.2) is 4.68 Å². The molecular formula is C8H14BrN3O. The predicted molar refractivity (Wildman–Crippen MR) is 55.5 cm³/mol. The summed E-state index contributed by atoms with van der Waals surface area (Å²) in [5, 5.41) is 4.16. The molecular weight excluding hydrogens is 234 g/mol. The zero-order valence-corrected chi connectivity index (χ0v) is 9.41. The van der Waals surface area contributed by atoms with Gasteiger partial charge in [0, 0.05) is 13.7 Å². The Hall–Kier alpha value is -0.550. The number of nitrogens with zero attached hydrogens (tertiary/aromatic N) is 2. The normalized spacial score (nSPS) is 13.2. The topological polar surface area (TPSA) is 53.1 Å². The smallest absolute Gasteiger partial charge is 0.136 e. The molecule has 0 saturated carbocycles. The van der Waals surface area contributed by atoms with Crippen molar-refractivity contribution in [2.24, 2.45) is 0 Å². The highest BCUT2D eigenvalue weighted by Gasteiger charge is 2.10. The van der Waals surface area contributed by atoms with Crippen LogP contribution in [0.3, 0.4) is 0 Å². The Kier molecular flexibility index (Phi) is 3.74. The number of rotatable bonds is 4. The Labute approximate surface area is 86.2 Å². The first-order valence-electron chi connectivity index (χ1n) is 4.14. The molecule has 1 rings (SSSR count). The van der Waals surface area contributed by atoms with E-state index in [4.69, 9.17) is 10.5 Å². The monoisotopic (exact) mass is 247 g/mol. The zero-order valence-electron chi connectivity index (χ0n) is 7.83. The van der Waals surface area contributed by atoms with Crippen molar-refractivity contribution < 1.29 is 4.74 Å². The summed E-state index contributed by atoms with van der Waals surface area (Å²) in [6.07, 6.45) is 2.62. The number of methoxy groups -OCH3 is 1. The number of nitrogens with two attached hydrogens (primary N) is 1. The molecule has 1 atom stereocenters. The second kappa shape index (κ2) is 4.62. The van der Waals surface area contributed by atoms with Crippen LogP contribution in [0.2, 0.25) is 0 Å². The van der Waals surface area contributed by atoms with Gasteiger partial charge in [-0.05, 0) is 29.3 Å². The van der Waals surface area contributed by atoms with Crippen molar-refractivity contribution >= 4 is 21.7 Å². The fraction of sp³-hybridized carbons (Fsp3) is 0.625. The molecule has 0 bridgehead atoms. The predicted octanol–water partition coefficient (Wildman–Crippen LogP) is 1.83. The SMILES string of the molecule is COCCC(C)n1ncc(Br)c1N. The van der Waals surface area contributed by atoms with E-state index in [1.165, 1.54) is 0 Å². The first-order chi connectivity index (χ1) is 6.16. The highest BCUT2D eigenvalue weighted by atomic mass is 79.9. The molecule has 1 heterocycles. The summed E-state index contributed by atoms with van der Waals surface area (Å²) < 4.78 is 7.63. The summed E-state index contributed by atoms with van der Waals surface area (Å²) in [7, 11) is 1.69. The zero-order chi connectivity index (χ0) is 9.84. The van der Waals surface area contributed by atoms with E-state index in [1.54, 1.807) is 18.0 Å². The van der Waals surface area contributed by atoms with Crippen LogP contribution in [0.5, 0.6) is 0 Å². The highest BCUT2D eigenvalue weighted by Crippen LogP contribution is 2.22. The van der Waals surface area contributed by atoms with E-state index in [0.29, 0.717) is 5.82 Å². The van der Waals surface area contributed by atoms with Gasteiger partial charge in [0.05, 0.1) is 16.7 Å². The van der Waals surface area contributed by atoms with E-state index in [9.17, 15) is 0 Å². The van der Waals surface area contributed by atoms with Crippen LogP contribution in [0.15, 0.2) is 10.7 Å². The standard InChI is InChI=1S/C8H14BrN3O/c1-6(3-4-13-2)12-8(10)7(9)5-11-12/h5-6H,3-4,10H2,1-2H3. The minimum absolute atomic E-state index is 0.270. The van der Waals surface area contributed by atoms with Crippen LogP contribution in [-0.4, -0.2) is 23.5 Å².